The minimum Gasteiger partial charge on any atom is -0.505 e. The van der Waals surface area contributed by atoms with Gasteiger partial charge in [0, 0.05) is 12.1 Å². The summed E-state index contributed by atoms with van der Waals surface area (Å²) in [4.78, 5) is 9.48. The Kier molecular flexibility index (Phi) is 1.72. The highest BCUT2D eigenvalue weighted by Crippen LogP contribution is 2.35. The molecule has 1 rings (SSSR count). The second-order valence-corrected chi connectivity index (χ2v) is 2.59. The lowest BCUT2D eigenvalue weighted by atomic mass is 10.3. The van der Waals surface area contributed by atoms with Crippen LogP contribution in [0.15, 0.2) is 12.1 Å². The monoisotopic (exact) mass is 209 g/mol. The van der Waals surface area contributed by atoms with Crippen LogP contribution >= 0.6 is 23.2 Å². The fraction of sp³-hybridized carbons (Fsp3) is 0. The van der Waals surface area contributed by atoms with Crippen molar-refractivity contribution in [1.82, 2.24) is 0 Å². The predicted octanol–water partition coefficient (Wildman–Crippen LogP) is 2.61. The number of phenolic OH excluding ortho intramolecular Hbond substituents is 1. The van der Waals surface area contributed by atoms with Crippen molar-refractivity contribution in [2.24, 2.45) is 0 Å². The summed E-state index contributed by atoms with van der Waals surface area (Å²) in [5, 5.41) is 18.5. The third-order valence-corrected chi connectivity index (χ3v) is 1.60. The van der Waals surface area contributed by atoms with Crippen molar-refractivity contribution < 1.29 is 12.8 Å². The van der Waals surface area contributed by atoms with Gasteiger partial charge in [-0.3, -0.25) is 10.1 Å². The normalized spacial score (nSPS) is 12.2. The first-order chi connectivity index (χ1) is 6.37. The maximum absolute atomic E-state index is 10.4. The maximum atomic E-state index is 10.4. The van der Waals surface area contributed by atoms with Gasteiger partial charge in [-0.05, 0) is 0 Å². The van der Waals surface area contributed by atoms with Gasteiger partial charge in [-0.15, -0.1) is 0 Å². The average Bonchev–Trinajstić information content (AvgIpc) is 2.11. The lowest BCUT2D eigenvalue weighted by Gasteiger charge is -1.98. The molecule has 12 heavy (non-hydrogen) atoms. The quantitative estimate of drug-likeness (QED) is 0.572. The summed E-state index contributed by atoms with van der Waals surface area (Å²) in [7, 11) is 0. The summed E-state index contributed by atoms with van der Waals surface area (Å²) < 4.78 is 14.4. The lowest BCUT2D eigenvalue weighted by Crippen LogP contribution is -1.87. The van der Waals surface area contributed by atoms with E-state index >= 15 is 0 Å². The Labute approximate surface area is 80.3 Å². The largest absolute Gasteiger partial charge is 0.505 e. The number of aromatic hydroxyl groups is 1. The molecule has 0 saturated carbocycles. The maximum Gasteiger partial charge on any atom is 0.272 e. The van der Waals surface area contributed by atoms with E-state index in [9.17, 15) is 10.1 Å². The number of benzene rings is 1. The van der Waals surface area contributed by atoms with E-state index in [-0.39, 0.29) is 0 Å². The van der Waals surface area contributed by atoms with E-state index in [1.165, 1.54) is 0 Å². The number of hydrogen-bond acceptors (Lipinski definition) is 3. The van der Waals surface area contributed by atoms with Gasteiger partial charge in [0.25, 0.3) is 5.69 Å². The molecule has 0 amide bonds. The van der Waals surface area contributed by atoms with Crippen LogP contribution in [0, 0.1) is 10.1 Å². The van der Waals surface area contributed by atoms with Gasteiger partial charge in [-0.2, -0.15) is 0 Å². The smallest absolute Gasteiger partial charge is 0.272 e. The highest BCUT2D eigenvalue weighted by Gasteiger charge is 2.12. The van der Waals surface area contributed by atoms with Gasteiger partial charge in [-0.25, -0.2) is 0 Å². The van der Waals surface area contributed by atoms with E-state index in [1.54, 1.807) is 0 Å². The first-order valence-corrected chi connectivity index (χ1v) is 3.45. The molecule has 1 aromatic rings. The third-order valence-electron chi connectivity index (χ3n) is 1.05. The zero-order chi connectivity index (χ0) is 11.0. The molecule has 1 aromatic carbocycles. The molecule has 0 unspecified atom stereocenters. The van der Waals surface area contributed by atoms with Crippen LogP contribution in [-0.4, -0.2) is 10.0 Å². The second kappa shape index (κ2) is 3.16. The number of phenols is 1. The Morgan fingerprint density at radius 1 is 1.50 bits per heavy atom. The van der Waals surface area contributed by atoms with Crippen molar-refractivity contribution in [3.8, 4) is 5.75 Å². The molecular formula is C6H3Cl2NO3. The first-order valence-electron chi connectivity index (χ1n) is 3.69. The Hall–Kier alpha value is -1.00. The van der Waals surface area contributed by atoms with Gasteiger partial charge in [0.2, 0.25) is 0 Å². The highest BCUT2D eigenvalue weighted by molar-refractivity contribution is 6.37. The van der Waals surface area contributed by atoms with Crippen LogP contribution in [0.4, 0.5) is 5.69 Å². The van der Waals surface area contributed by atoms with Crippen LogP contribution in [0.3, 0.4) is 0 Å². The minimum atomic E-state index is -0.943. The van der Waals surface area contributed by atoms with Gasteiger partial charge < -0.3 is 5.11 Å². The van der Waals surface area contributed by atoms with Crippen LogP contribution in [0.5, 0.6) is 5.75 Å². The van der Waals surface area contributed by atoms with Crippen molar-refractivity contribution >= 4 is 28.9 Å². The Bertz CT molecular complexity index is 395. The SMILES string of the molecule is [2H]c1c(Cl)c(O)c(Cl)c([2H])c1[N+](=O)[O-]. The standard InChI is InChI=1S/C6H3Cl2NO3/c7-4-1-3(9(11)12)2-5(8)6(4)10/h1-2,10H/i1D,2D. The van der Waals surface area contributed by atoms with Gasteiger partial charge in [-0.1, -0.05) is 23.2 Å². The summed E-state index contributed by atoms with van der Waals surface area (Å²) in [5.41, 5.74) is -0.821. The summed E-state index contributed by atoms with van der Waals surface area (Å²) in [6, 6.07) is -1.44. The third kappa shape index (κ3) is 1.60. The Morgan fingerprint density at radius 2 is 1.92 bits per heavy atom. The zero-order valence-corrected chi connectivity index (χ0v) is 6.98. The molecule has 0 radical (unpaired) electrons. The first kappa shape index (κ1) is 6.51. The van der Waals surface area contributed by atoms with Gasteiger partial charge >= 0.3 is 0 Å². The molecule has 0 atom stereocenters. The Balaban J connectivity index is 3.68. The van der Waals surface area contributed by atoms with E-state index in [0.29, 0.717) is 0 Å². The molecule has 0 saturated heterocycles. The highest BCUT2D eigenvalue weighted by atomic mass is 35.5. The average molecular weight is 210 g/mol. The number of halogens is 2. The topological polar surface area (TPSA) is 63.4 Å². The van der Waals surface area contributed by atoms with Crippen LogP contribution in [-0.2, 0) is 0 Å². The van der Waals surface area contributed by atoms with Gasteiger partial charge in [0.1, 0.15) is 0 Å². The minimum absolute atomic E-state index is 0.530. The molecule has 1 N–H and O–H groups in total. The van der Waals surface area contributed by atoms with Crippen LogP contribution < -0.4 is 0 Å². The fourth-order valence-corrected chi connectivity index (χ4v) is 0.962. The van der Waals surface area contributed by atoms with Crippen molar-refractivity contribution in [2.45, 2.75) is 0 Å². The molecule has 4 nitrogen and oxygen atoms in total. The number of nitro groups is 1. The molecule has 0 fully saturated rings. The van der Waals surface area contributed by atoms with Crippen molar-refractivity contribution in [3.63, 3.8) is 0 Å². The Morgan fingerprint density at radius 3 is 2.25 bits per heavy atom. The molecule has 0 aromatic heterocycles. The number of nitrogens with zero attached hydrogens (tertiary/aromatic N) is 1. The summed E-state index contributed by atoms with van der Waals surface area (Å²) >= 11 is 10.8. The molecule has 0 spiro atoms. The zero-order valence-electron chi connectivity index (χ0n) is 7.47. The van der Waals surface area contributed by atoms with E-state index in [1.807, 2.05) is 0 Å². The molecule has 0 aliphatic carbocycles. The van der Waals surface area contributed by atoms with Gasteiger partial charge in [0.15, 0.2) is 5.75 Å². The van der Waals surface area contributed by atoms with Crippen LogP contribution in [0.2, 0.25) is 10.0 Å². The summed E-state index contributed by atoms with van der Waals surface area (Å²) in [6.07, 6.45) is 0. The second-order valence-electron chi connectivity index (χ2n) is 1.83. The molecule has 0 bridgehead atoms. The molecule has 6 heteroatoms. The molecule has 64 valence electrons. The van der Waals surface area contributed by atoms with Crippen molar-refractivity contribution in [1.29, 1.82) is 0 Å². The molecule has 0 heterocycles. The summed E-state index contributed by atoms with van der Waals surface area (Å²) in [6.45, 7) is 0. The number of hydrogen-bond donors (Lipinski definition) is 1. The number of nitro benzene ring substituents is 1. The van der Waals surface area contributed by atoms with E-state index in [4.69, 9.17) is 31.0 Å². The number of rotatable bonds is 1. The summed E-state index contributed by atoms with van der Waals surface area (Å²) in [5.74, 6) is -0.686. The van der Waals surface area contributed by atoms with E-state index in [2.05, 4.69) is 0 Å². The van der Waals surface area contributed by atoms with Gasteiger partial charge in [0.05, 0.1) is 17.7 Å². The molecular weight excluding hydrogens is 205 g/mol. The van der Waals surface area contributed by atoms with Crippen LogP contribution in [0.25, 0.3) is 0 Å². The van der Waals surface area contributed by atoms with E-state index < -0.39 is 38.5 Å². The lowest BCUT2D eigenvalue weighted by molar-refractivity contribution is -0.384. The van der Waals surface area contributed by atoms with Crippen molar-refractivity contribution in [2.75, 3.05) is 0 Å². The predicted molar refractivity (Wildman–Crippen MR) is 44.8 cm³/mol. The van der Waals surface area contributed by atoms with Crippen LogP contribution in [0.1, 0.15) is 2.74 Å². The molecule has 0 aliphatic heterocycles. The fourth-order valence-electron chi connectivity index (χ4n) is 0.545. The van der Waals surface area contributed by atoms with Crippen molar-refractivity contribution in [3.05, 3.63) is 32.2 Å². The molecule has 0 aliphatic rings. The van der Waals surface area contributed by atoms with E-state index in [0.717, 1.165) is 0 Å².